The summed E-state index contributed by atoms with van der Waals surface area (Å²) in [6, 6.07) is 28.8. The van der Waals surface area contributed by atoms with Gasteiger partial charge in [-0.15, -0.1) is 0 Å². The van der Waals surface area contributed by atoms with Crippen LogP contribution < -0.4 is 4.90 Å². The summed E-state index contributed by atoms with van der Waals surface area (Å²) in [6.45, 7) is 4.37. The van der Waals surface area contributed by atoms with Crippen molar-refractivity contribution in [1.29, 1.82) is 0 Å². The predicted octanol–water partition coefficient (Wildman–Crippen LogP) is 6.08. The number of benzene rings is 3. The van der Waals surface area contributed by atoms with Crippen molar-refractivity contribution in [2.75, 3.05) is 4.90 Å². The zero-order valence-electron chi connectivity index (χ0n) is 13.8. The minimum absolute atomic E-state index is 1.06. The first kappa shape index (κ1) is 15.4. The molecule has 0 fully saturated rings. The molecular weight excluding hydrogens is 278 g/mol. The molecule has 0 atom stereocenters. The van der Waals surface area contributed by atoms with Gasteiger partial charge in [0.2, 0.25) is 0 Å². The van der Waals surface area contributed by atoms with E-state index in [-0.39, 0.29) is 0 Å². The summed E-state index contributed by atoms with van der Waals surface area (Å²) in [7, 11) is 0. The molecule has 1 nitrogen and oxygen atoms in total. The lowest BCUT2D eigenvalue weighted by molar-refractivity contribution is 1.13. The van der Waals surface area contributed by atoms with Gasteiger partial charge in [0.15, 0.2) is 0 Å². The van der Waals surface area contributed by atoms with E-state index >= 15 is 0 Å². The van der Waals surface area contributed by atoms with Gasteiger partial charge in [0.05, 0.1) is 0 Å². The van der Waals surface area contributed by atoms with Crippen molar-refractivity contribution in [3.63, 3.8) is 0 Å². The molecule has 0 bridgehead atoms. The second-order valence-electron chi connectivity index (χ2n) is 5.63. The van der Waals surface area contributed by atoms with Crippen LogP contribution in [0.5, 0.6) is 0 Å². The van der Waals surface area contributed by atoms with Gasteiger partial charge in [-0.05, 0) is 66.4 Å². The van der Waals surface area contributed by atoms with Crippen molar-refractivity contribution in [3.8, 4) is 0 Å². The van der Waals surface area contributed by atoms with E-state index in [9.17, 15) is 0 Å². The molecule has 23 heavy (non-hydrogen) atoms. The van der Waals surface area contributed by atoms with E-state index in [1.54, 1.807) is 0 Å². The Morgan fingerprint density at radius 1 is 0.609 bits per heavy atom. The van der Waals surface area contributed by atoms with E-state index in [2.05, 4.69) is 85.5 Å². The first-order chi connectivity index (χ1) is 11.3. The van der Waals surface area contributed by atoms with Gasteiger partial charge in [-0.3, -0.25) is 0 Å². The maximum atomic E-state index is 3.10. The fourth-order valence-electron chi connectivity index (χ4n) is 2.74. The van der Waals surface area contributed by atoms with Crippen molar-refractivity contribution in [3.05, 3.63) is 90.0 Å². The monoisotopic (exact) mass is 300 g/mol. The summed E-state index contributed by atoms with van der Waals surface area (Å²) in [6.07, 6.45) is 2.12. The van der Waals surface area contributed by atoms with Crippen molar-refractivity contribution < 1.29 is 0 Å². The van der Waals surface area contributed by atoms with Crippen LogP contribution in [0.4, 0.5) is 17.1 Å². The van der Waals surface area contributed by atoms with Gasteiger partial charge in [-0.2, -0.15) is 0 Å². The van der Waals surface area contributed by atoms with Gasteiger partial charge in [0.25, 0.3) is 0 Å². The third-order valence-electron chi connectivity index (χ3n) is 4.16. The summed E-state index contributed by atoms with van der Waals surface area (Å²) in [5.41, 5.74) is 6.22. The SMILES string of the molecule is CCc1ccc(N(c2cc[c]cc2)c2ccc(CC)cc2)cc1. The Balaban J connectivity index is 2.05. The fraction of sp³-hybridized carbons (Fsp3) is 0.182. The minimum atomic E-state index is 1.06. The van der Waals surface area contributed by atoms with Crippen LogP contribution in [0.2, 0.25) is 0 Å². The average Bonchev–Trinajstić information content (AvgIpc) is 2.64. The number of nitrogens with zero attached hydrogens (tertiary/aromatic N) is 1. The molecule has 3 aromatic rings. The molecule has 0 aliphatic carbocycles. The van der Waals surface area contributed by atoms with Crippen molar-refractivity contribution in [2.45, 2.75) is 26.7 Å². The lowest BCUT2D eigenvalue weighted by atomic mass is 10.1. The number of rotatable bonds is 5. The maximum absolute atomic E-state index is 3.10. The van der Waals surface area contributed by atoms with Crippen molar-refractivity contribution >= 4 is 17.1 Å². The standard InChI is InChI=1S/C22H22N/c1-3-18-10-14-21(15-11-18)23(20-8-6-5-7-9-20)22-16-12-19(4-2)13-17-22/h6-17H,3-4H2,1-2H3. The number of hydrogen-bond donors (Lipinski definition) is 0. The van der Waals surface area contributed by atoms with Crippen LogP contribution in [-0.2, 0) is 12.8 Å². The molecule has 115 valence electrons. The smallest absolute Gasteiger partial charge is 0.0462 e. The zero-order valence-corrected chi connectivity index (χ0v) is 13.8. The van der Waals surface area contributed by atoms with Crippen molar-refractivity contribution in [1.82, 2.24) is 0 Å². The average molecular weight is 300 g/mol. The Morgan fingerprint density at radius 3 is 1.39 bits per heavy atom. The molecule has 0 unspecified atom stereocenters. The second kappa shape index (κ2) is 7.15. The van der Waals surface area contributed by atoms with Crippen LogP contribution in [-0.4, -0.2) is 0 Å². The Labute approximate surface area is 139 Å². The highest BCUT2D eigenvalue weighted by atomic mass is 15.1. The molecule has 0 saturated carbocycles. The third-order valence-corrected chi connectivity index (χ3v) is 4.16. The van der Waals surface area contributed by atoms with E-state index in [0.29, 0.717) is 0 Å². The Kier molecular flexibility index (Phi) is 4.77. The first-order valence-electron chi connectivity index (χ1n) is 8.26. The van der Waals surface area contributed by atoms with Crippen LogP contribution in [0.25, 0.3) is 0 Å². The second-order valence-corrected chi connectivity index (χ2v) is 5.63. The number of hydrogen-bond acceptors (Lipinski definition) is 1. The summed E-state index contributed by atoms with van der Waals surface area (Å²) < 4.78 is 0. The molecule has 0 aliphatic heterocycles. The van der Waals surface area contributed by atoms with Gasteiger partial charge in [0, 0.05) is 17.1 Å². The topological polar surface area (TPSA) is 3.24 Å². The summed E-state index contributed by atoms with van der Waals surface area (Å²) in [4.78, 5) is 2.28. The van der Waals surface area contributed by atoms with Crippen LogP contribution >= 0.6 is 0 Å². The molecular formula is C22H22N. The molecule has 3 aromatic carbocycles. The fourth-order valence-corrected chi connectivity index (χ4v) is 2.74. The van der Waals surface area contributed by atoms with Crippen LogP contribution in [0.15, 0.2) is 72.8 Å². The van der Waals surface area contributed by atoms with Gasteiger partial charge in [0.1, 0.15) is 0 Å². The van der Waals surface area contributed by atoms with E-state index < -0.39 is 0 Å². The largest absolute Gasteiger partial charge is 0.311 e. The first-order valence-corrected chi connectivity index (χ1v) is 8.26. The highest BCUT2D eigenvalue weighted by Gasteiger charge is 2.11. The van der Waals surface area contributed by atoms with E-state index in [0.717, 1.165) is 18.5 Å². The normalized spacial score (nSPS) is 10.5. The Bertz CT molecular complexity index is 680. The zero-order chi connectivity index (χ0) is 16.1. The molecule has 0 N–H and O–H groups in total. The summed E-state index contributed by atoms with van der Waals surface area (Å²) in [5, 5.41) is 0. The highest BCUT2D eigenvalue weighted by molar-refractivity contribution is 5.76. The molecule has 0 aromatic heterocycles. The molecule has 0 saturated heterocycles. The van der Waals surface area contributed by atoms with Crippen LogP contribution in [0.3, 0.4) is 0 Å². The number of aryl methyl sites for hydroxylation is 2. The lowest BCUT2D eigenvalue weighted by Gasteiger charge is -2.25. The summed E-state index contributed by atoms with van der Waals surface area (Å²) in [5.74, 6) is 0. The highest BCUT2D eigenvalue weighted by Crippen LogP contribution is 2.34. The van der Waals surface area contributed by atoms with Gasteiger partial charge in [-0.25, -0.2) is 0 Å². The quantitative estimate of drug-likeness (QED) is 0.552. The van der Waals surface area contributed by atoms with E-state index in [4.69, 9.17) is 0 Å². The third kappa shape index (κ3) is 3.45. The maximum Gasteiger partial charge on any atom is 0.0462 e. The molecule has 0 spiro atoms. The lowest BCUT2D eigenvalue weighted by Crippen LogP contribution is -2.09. The summed E-state index contributed by atoms with van der Waals surface area (Å²) >= 11 is 0. The molecule has 3 rings (SSSR count). The van der Waals surface area contributed by atoms with E-state index in [1.807, 2.05) is 12.1 Å². The Hall–Kier alpha value is -2.54. The van der Waals surface area contributed by atoms with Crippen LogP contribution in [0.1, 0.15) is 25.0 Å². The molecule has 0 heterocycles. The predicted molar refractivity (Wildman–Crippen MR) is 98.7 cm³/mol. The van der Waals surface area contributed by atoms with E-state index in [1.165, 1.54) is 22.5 Å². The minimum Gasteiger partial charge on any atom is -0.311 e. The van der Waals surface area contributed by atoms with Crippen LogP contribution in [0, 0.1) is 6.07 Å². The molecule has 1 radical (unpaired) electrons. The molecule has 1 heteroatoms. The number of anilines is 3. The van der Waals surface area contributed by atoms with Gasteiger partial charge < -0.3 is 4.90 Å². The molecule has 0 amide bonds. The van der Waals surface area contributed by atoms with Gasteiger partial charge >= 0.3 is 0 Å². The van der Waals surface area contributed by atoms with Gasteiger partial charge in [-0.1, -0.05) is 50.2 Å². The van der Waals surface area contributed by atoms with Crippen molar-refractivity contribution in [2.24, 2.45) is 0 Å². The Morgan fingerprint density at radius 2 is 1.00 bits per heavy atom. The molecule has 0 aliphatic rings.